The number of carbonyl (C=O) groups excluding carboxylic acids is 1. The largest absolute Gasteiger partial charge is 0.494 e. The summed E-state index contributed by atoms with van der Waals surface area (Å²) in [4.78, 5) is 13.8. The number of methoxy groups -OCH3 is 1. The molecule has 0 unspecified atom stereocenters. The molecule has 0 spiro atoms. The number of fused-ring (bicyclic) bond motifs is 1. The molecule has 2 aromatic carbocycles. The van der Waals surface area contributed by atoms with Gasteiger partial charge in [-0.15, -0.1) is 5.10 Å². The minimum absolute atomic E-state index is 0.181. The molecular formula is C21H21FN6O2. The summed E-state index contributed by atoms with van der Waals surface area (Å²) >= 11 is 0. The third kappa shape index (κ3) is 4.14. The first-order valence-corrected chi connectivity index (χ1v) is 9.52. The zero-order valence-corrected chi connectivity index (χ0v) is 16.7. The molecule has 4 rings (SSSR count). The fourth-order valence-electron chi connectivity index (χ4n) is 3.27. The molecule has 0 radical (unpaired) electrons. The molecule has 9 heteroatoms. The predicted molar refractivity (Wildman–Crippen MR) is 110 cm³/mol. The number of ether oxygens (including phenoxy) is 1. The van der Waals surface area contributed by atoms with E-state index in [4.69, 9.17) is 4.74 Å². The molecule has 2 heterocycles. The topological polar surface area (TPSA) is 86.9 Å². The lowest BCUT2D eigenvalue weighted by Gasteiger charge is -2.05. The van der Waals surface area contributed by atoms with Crippen LogP contribution in [0.2, 0.25) is 0 Å². The normalized spacial score (nSPS) is 11.0. The summed E-state index contributed by atoms with van der Waals surface area (Å²) in [5.41, 5.74) is 2.61. The molecule has 1 N–H and O–H groups in total. The summed E-state index contributed by atoms with van der Waals surface area (Å²) in [7, 11) is 1.41. The Balaban J connectivity index is 1.38. The van der Waals surface area contributed by atoms with Crippen LogP contribution in [0, 0.1) is 5.82 Å². The van der Waals surface area contributed by atoms with Gasteiger partial charge in [0, 0.05) is 11.9 Å². The number of amides is 1. The third-order valence-corrected chi connectivity index (χ3v) is 4.71. The van der Waals surface area contributed by atoms with Gasteiger partial charge in [0.1, 0.15) is 0 Å². The van der Waals surface area contributed by atoms with Gasteiger partial charge in [-0.25, -0.2) is 4.39 Å². The summed E-state index contributed by atoms with van der Waals surface area (Å²) < 4.78 is 20.6. The number of benzene rings is 2. The Morgan fingerprint density at radius 1 is 1.13 bits per heavy atom. The number of nitrogens with one attached hydrogen (secondary N) is 1. The lowest BCUT2D eigenvalue weighted by Crippen LogP contribution is -2.15. The molecule has 0 saturated heterocycles. The first-order valence-electron chi connectivity index (χ1n) is 9.52. The highest BCUT2D eigenvalue weighted by molar-refractivity contribution is 5.92. The van der Waals surface area contributed by atoms with E-state index in [2.05, 4.69) is 20.6 Å². The van der Waals surface area contributed by atoms with Gasteiger partial charge in [-0.1, -0.05) is 12.1 Å². The minimum atomic E-state index is -0.447. The Kier molecular flexibility index (Phi) is 5.42. The van der Waals surface area contributed by atoms with E-state index in [-0.39, 0.29) is 24.6 Å². The second kappa shape index (κ2) is 8.32. The summed E-state index contributed by atoms with van der Waals surface area (Å²) in [6.07, 6.45) is 3.48. The van der Waals surface area contributed by atoms with Crippen molar-refractivity contribution in [2.24, 2.45) is 0 Å². The Bertz CT molecular complexity index is 1200. The van der Waals surface area contributed by atoms with Crippen molar-refractivity contribution in [3.63, 3.8) is 0 Å². The predicted octanol–water partition coefficient (Wildman–Crippen LogP) is 3.02. The highest BCUT2D eigenvalue weighted by Gasteiger charge is 2.10. The maximum Gasteiger partial charge on any atom is 0.230 e. The summed E-state index contributed by atoms with van der Waals surface area (Å²) in [6.45, 7) is 3.10. The quantitative estimate of drug-likeness (QED) is 0.508. The van der Waals surface area contributed by atoms with Crippen LogP contribution in [0.25, 0.3) is 10.9 Å². The van der Waals surface area contributed by atoms with E-state index < -0.39 is 5.82 Å². The Morgan fingerprint density at radius 3 is 2.73 bits per heavy atom. The number of carbonyl (C=O) groups is 1. The van der Waals surface area contributed by atoms with Crippen LogP contribution in [0.1, 0.15) is 18.1 Å². The van der Waals surface area contributed by atoms with Gasteiger partial charge in [0.2, 0.25) is 5.91 Å². The molecule has 0 aliphatic heterocycles. The molecule has 0 fully saturated rings. The van der Waals surface area contributed by atoms with E-state index in [9.17, 15) is 9.18 Å². The van der Waals surface area contributed by atoms with E-state index in [1.165, 1.54) is 24.2 Å². The number of aromatic nitrogens is 5. The summed E-state index contributed by atoms with van der Waals surface area (Å²) in [6, 6.07) is 10.5. The van der Waals surface area contributed by atoms with Crippen LogP contribution < -0.4 is 10.1 Å². The van der Waals surface area contributed by atoms with E-state index in [0.717, 1.165) is 23.0 Å². The zero-order chi connectivity index (χ0) is 21.1. The maximum atomic E-state index is 13.8. The van der Waals surface area contributed by atoms with Crippen LogP contribution in [-0.2, 0) is 24.3 Å². The Labute approximate surface area is 172 Å². The van der Waals surface area contributed by atoms with Gasteiger partial charge >= 0.3 is 0 Å². The van der Waals surface area contributed by atoms with Gasteiger partial charge in [0.05, 0.1) is 38.0 Å². The molecule has 154 valence electrons. The highest BCUT2D eigenvalue weighted by atomic mass is 19.1. The van der Waals surface area contributed by atoms with Gasteiger partial charge in [-0.05, 0) is 42.3 Å². The molecule has 0 atom stereocenters. The van der Waals surface area contributed by atoms with E-state index in [0.29, 0.717) is 11.4 Å². The zero-order valence-electron chi connectivity index (χ0n) is 16.7. The number of anilines is 1. The highest BCUT2D eigenvalue weighted by Crippen LogP contribution is 2.19. The first-order chi connectivity index (χ1) is 14.6. The molecular weight excluding hydrogens is 387 g/mol. The fourth-order valence-corrected chi connectivity index (χ4v) is 3.27. The molecule has 8 nitrogen and oxygen atoms in total. The van der Waals surface area contributed by atoms with Crippen LogP contribution in [-0.4, -0.2) is 37.8 Å². The van der Waals surface area contributed by atoms with Crippen molar-refractivity contribution in [3.05, 3.63) is 65.7 Å². The number of halogens is 1. The number of hydrogen-bond donors (Lipinski definition) is 1. The van der Waals surface area contributed by atoms with Gasteiger partial charge in [-0.2, -0.15) is 15.0 Å². The molecule has 1 amide bonds. The maximum absolute atomic E-state index is 13.8. The van der Waals surface area contributed by atoms with Crippen LogP contribution in [0.15, 0.2) is 48.8 Å². The fraction of sp³-hybridized carbons (Fsp3) is 0.238. The van der Waals surface area contributed by atoms with Gasteiger partial charge < -0.3 is 10.1 Å². The summed E-state index contributed by atoms with van der Waals surface area (Å²) in [5.74, 6) is -0.119. The van der Waals surface area contributed by atoms with Crippen molar-refractivity contribution >= 4 is 22.6 Å². The van der Waals surface area contributed by atoms with E-state index >= 15 is 0 Å². The van der Waals surface area contributed by atoms with Gasteiger partial charge in [-0.3, -0.25) is 9.48 Å². The number of nitrogens with zero attached hydrogens (tertiary/aromatic N) is 5. The van der Waals surface area contributed by atoms with Crippen molar-refractivity contribution in [1.29, 1.82) is 0 Å². The second-order valence-corrected chi connectivity index (χ2v) is 6.81. The molecule has 4 aromatic rings. The second-order valence-electron chi connectivity index (χ2n) is 6.81. The SMILES string of the molecule is CCn1ncc2cc(CC(=O)Nc3cnn(Cc4ccc(OC)c(F)c4)n3)ccc21. The Morgan fingerprint density at radius 2 is 1.97 bits per heavy atom. The van der Waals surface area contributed by atoms with Crippen LogP contribution >= 0.6 is 0 Å². The van der Waals surface area contributed by atoms with Crippen molar-refractivity contribution < 1.29 is 13.9 Å². The van der Waals surface area contributed by atoms with Crippen molar-refractivity contribution in [2.45, 2.75) is 26.4 Å². The van der Waals surface area contributed by atoms with Crippen LogP contribution in [0.4, 0.5) is 10.2 Å². The number of rotatable bonds is 7. The van der Waals surface area contributed by atoms with Crippen molar-refractivity contribution in [3.8, 4) is 5.75 Å². The smallest absolute Gasteiger partial charge is 0.230 e. The lowest BCUT2D eigenvalue weighted by atomic mass is 10.1. The Hall–Kier alpha value is -3.75. The molecule has 0 bridgehead atoms. The molecule has 2 aromatic heterocycles. The molecule has 0 saturated carbocycles. The minimum Gasteiger partial charge on any atom is -0.494 e. The number of aryl methyl sites for hydroxylation is 1. The van der Waals surface area contributed by atoms with Gasteiger partial charge in [0.15, 0.2) is 17.4 Å². The van der Waals surface area contributed by atoms with Crippen molar-refractivity contribution in [2.75, 3.05) is 12.4 Å². The molecule has 0 aliphatic rings. The first kappa shape index (κ1) is 19.6. The standard InChI is InChI=1S/C21H21FN6O2/c1-3-27-18-6-4-14(8-16(18)11-23-27)10-21(29)25-20-12-24-28(26-20)13-15-5-7-19(30-2)17(22)9-15/h4-9,11-12H,3,10,13H2,1-2H3,(H,25,26,29). The van der Waals surface area contributed by atoms with Gasteiger partial charge in [0.25, 0.3) is 0 Å². The average molecular weight is 408 g/mol. The van der Waals surface area contributed by atoms with Crippen molar-refractivity contribution in [1.82, 2.24) is 24.8 Å². The third-order valence-electron chi connectivity index (χ3n) is 4.71. The molecule has 30 heavy (non-hydrogen) atoms. The lowest BCUT2D eigenvalue weighted by molar-refractivity contribution is -0.115. The van der Waals surface area contributed by atoms with E-state index in [1.54, 1.807) is 18.3 Å². The molecule has 0 aliphatic carbocycles. The summed E-state index contributed by atoms with van der Waals surface area (Å²) in [5, 5.41) is 16.4. The van der Waals surface area contributed by atoms with Crippen LogP contribution in [0.5, 0.6) is 5.75 Å². The van der Waals surface area contributed by atoms with Crippen LogP contribution in [0.3, 0.4) is 0 Å². The number of hydrogen-bond acceptors (Lipinski definition) is 5. The van der Waals surface area contributed by atoms with E-state index in [1.807, 2.05) is 29.8 Å². The average Bonchev–Trinajstić information content (AvgIpc) is 3.34. The monoisotopic (exact) mass is 408 g/mol.